The molecule has 1 aromatic heterocycles. The smallest absolute Gasteiger partial charge is 0.0522 e. The standard InChI is InChI=1S/C14H28N4/c1-11(8-14(2,3)4)6-13(17-15)7-12-9-16-18(5)10-12/h9-11,13,17H,6-8,15H2,1-5H3. The Kier molecular flexibility index (Phi) is 5.35. The Balaban J connectivity index is 2.46. The van der Waals surface area contributed by atoms with Gasteiger partial charge in [-0.05, 0) is 36.2 Å². The third-order valence-electron chi connectivity index (χ3n) is 3.12. The van der Waals surface area contributed by atoms with Crippen LogP contribution in [-0.2, 0) is 13.5 Å². The topological polar surface area (TPSA) is 55.9 Å². The number of aryl methyl sites for hydroxylation is 1. The van der Waals surface area contributed by atoms with Crippen molar-refractivity contribution in [3.8, 4) is 0 Å². The fourth-order valence-electron chi connectivity index (χ4n) is 2.69. The lowest BCUT2D eigenvalue weighted by molar-refractivity contribution is 0.274. The number of nitrogens with zero attached hydrogens (tertiary/aromatic N) is 2. The van der Waals surface area contributed by atoms with Gasteiger partial charge in [-0.25, -0.2) is 0 Å². The summed E-state index contributed by atoms with van der Waals surface area (Å²) in [5.41, 5.74) is 4.56. The van der Waals surface area contributed by atoms with Crippen molar-refractivity contribution < 1.29 is 0 Å². The molecule has 0 saturated carbocycles. The first-order chi connectivity index (χ1) is 8.30. The van der Waals surface area contributed by atoms with Crippen molar-refractivity contribution >= 4 is 0 Å². The van der Waals surface area contributed by atoms with Crippen LogP contribution in [0.2, 0.25) is 0 Å². The highest BCUT2D eigenvalue weighted by Crippen LogP contribution is 2.27. The Hall–Kier alpha value is -0.870. The van der Waals surface area contributed by atoms with E-state index in [1.165, 1.54) is 12.0 Å². The van der Waals surface area contributed by atoms with E-state index < -0.39 is 0 Å². The maximum absolute atomic E-state index is 5.66. The zero-order valence-electron chi connectivity index (χ0n) is 12.4. The molecule has 0 aliphatic heterocycles. The van der Waals surface area contributed by atoms with Crippen LogP contribution >= 0.6 is 0 Å². The van der Waals surface area contributed by atoms with Gasteiger partial charge >= 0.3 is 0 Å². The first kappa shape index (κ1) is 15.2. The number of nitrogens with one attached hydrogen (secondary N) is 1. The molecule has 0 radical (unpaired) electrons. The van der Waals surface area contributed by atoms with Gasteiger partial charge in [0, 0.05) is 19.3 Å². The second-order valence-corrected chi connectivity index (χ2v) is 6.70. The maximum atomic E-state index is 5.66. The van der Waals surface area contributed by atoms with Crippen LogP contribution in [0.1, 0.15) is 46.1 Å². The Bertz CT molecular complexity index is 351. The zero-order valence-corrected chi connectivity index (χ0v) is 12.4. The van der Waals surface area contributed by atoms with E-state index in [2.05, 4.69) is 44.4 Å². The molecule has 0 aromatic carbocycles. The lowest BCUT2D eigenvalue weighted by atomic mass is 9.82. The summed E-state index contributed by atoms with van der Waals surface area (Å²) in [6, 6.07) is 0.326. The van der Waals surface area contributed by atoms with Crippen LogP contribution in [0.5, 0.6) is 0 Å². The van der Waals surface area contributed by atoms with Crippen LogP contribution in [0, 0.1) is 11.3 Å². The van der Waals surface area contributed by atoms with Crippen LogP contribution in [0.25, 0.3) is 0 Å². The number of nitrogens with two attached hydrogens (primary N) is 1. The predicted octanol–water partition coefficient (Wildman–Crippen LogP) is 2.26. The van der Waals surface area contributed by atoms with E-state index in [1.54, 1.807) is 0 Å². The van der Waals surface area contributed by atoms with Crippen molar-refractivity contribution in [2.24, 2.45) is 24.2 Å². The highest BCUT2D eigenvalue weighted by molar-refractivity contribution is 5.05. The third-order valence-corrected chi connectivity index (χ3v) is 3.12. The molecule has 2 atom stereocenters. The summed E-state index contributed by atoms with van der Waals surface area (Å²) in [6.45, 7) is 9.17. The Morgan fingerprint density at radius 2 is 2.11 bits per heavy atom. The molecule has 1 aromatic rings. The molecule has 0 bridgehead atoms. The molecular weight excluding hydrogens is 224 g/mol. The van der Waals surface area contributed by atoms with E-state index in [4.69, 9.17) is 5.84 Å². The van der Waals surface area contributed by atoms with Crippen molar-refractivity contribution in [3.05, 3.63) is 18.0 Å². The monoisotopic (exact) mass is 252 g/mol. The Morgan fingerprint density at radius 3 is 2.56 bits per heavy atom. The van der Waals surface area contributed by atoms with Crippen molar-refractivity contribution in [2.45, 2.75) is 53.0 Å². The molecule has 3 N–H and O–H groups in total. The molecule has 0 spiro atoms. The van der Waals surface area contributed by atoms with E-state index in [1.807, 2.05) is 17.9 Å². The van der Waals surface area contributed by atoms with Crippen LogP contribution in [-0.4, -0.2) is 15.8 Å². The number of rotatable bonds is 6. The lowest BCUT2D eigenvalue weighted by Crippen LogP contribution is -2.38. The molecule has 1 heterocycles. The van der Waals surface area contributed by atoms with Crippen molar-refractivity contribution in [2.75, 3.05) is 0 Å². The summed E-state index contributed by atoms with van der Waals surface area (Å²) in [4.78, 5) is 0. The third kappa shape index (κ3) is 5.65. The molecule has 2 unspecified atom stereocenters. The van der Waals surface area contributed by atoms with E-state index >= 15 is 0 Å². The normalized spacial score (nSPS) is 15.7. The van der Waals surface area contributed by atoms with Gasteiger partial charge < -0.3 is 0 Å². The summed E-state index contributed by atoms with van der Waals surface area (Å²) >= 11 is 0. The van der Waals surface area contributed by atoms with Gasteiger partial charge in [0.15, 0.2) is 0 Å². The predicted molar refractivity (Wildman–Crippen MR) is 75.9 cm³/mol. The first-order valence-electron chi connectivity index (χ1n) is 6.74. The minimum Gasteiger partial charge on any atom is -0.276 e. The highest BCUT2D eigenvalue weighted by Gasteiger charge is 2.19. The van der Waals surface area contributed by atoms with Gasteiger partial charge in [0.25, 0.3) is 0 Å². The van der Waals surface area contributed by atoms with Gasteiger partial charge in [-0.2, -0.15) is 5.10 Å². The summed E-state index contributed by atoms with van der Waals surface area (Å²) in [5, 5.41) is 4.19. The molecule has 0 aliphatic carbocycles. The number of hydrogen-bond donors (Lipinski definition) is 2. The summed E-state index contributed by atoms with van der Waals surface area (Å²) in [6.07, 6.45) is 7.23. The fourth-order valence-corrected chi connectivity index (χ4v) is 2.69. The van der Waals surface area contributed by atoms with Gasteiger partial charge in [-0.15, -0.1) is 0 Å². The van der Waals surface area contributed by atoms with Crippen LogP contribution in [0.4, 0.5) is 0 Å². The lowest BCUT2D eigenvalue weighted by Gasteiger charge is -2.26. The van der Waals surface area contributed by atoms with Gasteiger partial charge in [0.05, 0.1) is 6.20 Å². The summed E-state index contributed by atoms with van der Waals surface area (Å²) < 4.78 is 1.83. The largest absolute Gasteiger partial charge is 0.276 e. The average molecular weight is 252 g/mol. The van der Waals surface area contributed by atoms with Gasteiger partial charge in [0.1, 0.15) is 0 Å². The minimum absolute atomic E-state index is 0.326. The molecule has 104 valence electrons. The maximum Gasteiger partial charge on any atom is 0.0522 e. The summed E-state index contributed by atoms with van der Waals surface area (Å²) in [7, 11) is 1.94. The van der Waals surface area contributed by atoms with Crippen molar-refractivity contribution in [3.63, 3.8) is 0 Å². The molecule has 0 aliphatic rings. The molecule has 1 rings (SSSR count). The van der Waals surface area contributed by atoms with E-state index in [0.29, 0.717) is 17.4 Å². The van der Waals surface area contributed by atoms with Gasteiger partial charge in [-0.3, -0.25) is 16.0 Å². The van der Waals surface area contributed by atoms with Crippen LogP contribution in [0.15, 0.2) is 12.4 Å². The van der Waals surface area contributed by atoms with Gasteiger partial charge in [-0.1, -0.05) is 27.7 Å². The van der Waals surface area contributed by atoms with Crippen molar-refractivity contribution in [1.29, 1.82) is 0 Å². The second-order valence-electron chi connectivity index (χ2n) is 6.70. The number of aromatic nitrogens is 2. The highest BCUT2D eigenvalue weighted by atomic mass is 15.2. The minimum atomic E-state index is 0.326. The van der Waals surface area contributed by atoms with Gasteiger partial charge in [0.2, 0.25) is 0 Å². The Labute approximate surface area is 111 Å². The zero-order chi connectivity index (χ0) is 13.8. The Morgan fingerprint density at radius 1 is 1.44 bits per heavy atom. The number of hydrazine groups is 1. The molecule has 4 nitrogen and oxygen atoms in total. The van der Waals surface area contributed by atoms with Crippen LogP contribution < -0.4 is 11.3 Å². The fraction of sp³-hybridized carbons (Fsp3) is 0.786. The summed E-state index contributed by atoms with van der Waals surface area (Å²) in [5.74, 6) is 6.33. The SMILES string of the molecule is CC(CC(Cc1cnn(C)c1)NN)CC(C)(C)C. The van der Waals surface area contributed by atoms with E-state index in [9.17, 15) is 0 Å². The molecule has 4 heteroatoms. The molecule has 18 heavy (non-hydrogen) atoms. The first-order valence-corrected chi connectivity index (χ1v) is 6.74. The molecule has 0 fully saturated rings. The van der Waals surface area contributed by atoms with Crippen LogP contribution in [0.3, 0.4) is 0 Å². The average Bonchev–Trinajstić information content (AvgIpc) is 2.60. The van der Waals surface area contributed by atoms with Crippen molar-refractivity contribution in [1.82, 2.24) is 15.2 Å². The second kappa shape index (κ2) is 6.34. The molecule has 0 saturated heterocycles. The van der Waals surface area contributed by atoms with E-state index in [-0.39, 0.29) is 0 Å². The molecule has 0 amide bonds. The van der Waals surface area contributed by atoms with E-state index in [0.717, 1.165) is 12.8 Å². The number of hydrogen-bond acceptors (Lipinski definition) is 3. The quantitative estimate of drug-likeness (QED) is 0.603. The molecular formula is C14H28N4.